The van der Waals surface area contributed by atoms with Gasteiger partial charge >= 0.3 is 12.3 Å². The van der Waals surface area contributed by atoms with Gasteiger partial charge < -0.3 is 15.2 Å². The van der Waals surface area contributed by atoms with Crippen molar-refractivity contribution in [2.75, 3.05) is 5.32 Å². The summed E-state index contributed by atoms with van der Waals surface area (Å²) in [6.45, 7) is 0. The third kappa shape index (κ3) is 4.82. The fourth-order valence-electron chi connectivity index (χ4n) is 2.15. The van der Waals surface area contributed by atoms with Gasteiger partial charge in [-0.25, -0.2) is 13.6 Å². The Hall–Kier alpha value is -4.04. The van der Waals surface area contributed by atoms with Crippen molar-refractivity contribution in [3.05, 3.63) is 61.7 Å². The number of ether oxygens (including phenoxy) is 1. The van der Waals surface area contributed by atoms with E-state index >= 15 is 0 Å². The fourth-order valence-corrected chi connectivity index (χ4v) is 2.15. The highest BCUT2D eigenvalue weighted by Gasteiger charge is 2.33. The number of carboxylic acids is 1. The molecular weight excluding hydrogens is 417 g/mol. The van der Waals surface area contributed by atoms with E-state index in [1.165, 1.54) is 0 Å². The number of hydrogen-bond acceptors (Lipinski definition) is 7. The van der Waals surface area contributed by atoms with Crippen LogP contribution in [0.4, 0.5) is 44.7 Å². The number of non-ortho nitro benzene ring substituents is 1. The predicted molar refractivity (Wildman–Crippen MR) is 83.0 cm³/mol. The SMILES string of the molecule is O=C(O)c1cc([N+](=O)[O-])cc([N+](=O)[O-])c1Nc1c(F)cc(OC(F)(F)F)cc1F. The van der Waals surface area contributed by atoms with Crippen LogP contribution in [0.3, 0.4) is 0 Å². The summed E-state index contributed by atoms with van der Waals surface area (Å²) in [4.78, 5) is 30.9. The summed E-state index contributed by atoms with van der Waals surface area (Å²) in [6, 6.07) is 0.924. The zero-order chi connectivity index (χ0) is 22.1. The molecule has 29 heavy (non-hydrogen) atoms. The number of alkyl halides is 3. The Morgan fingerprint density at radius 1 is 1.00 bits per heavy atom. The molecular formula is C14H6F5N3O7. The maximum absolute atomic E-state index is 14.1. The number of hydrogen-bond donors (Lipinski definition) is 2. The molecule has 0 amide bonds. The Balaban J connectivity index is 2.63. The van der Waals surface area contributed by atoms with E-state index in [2.05, 4.69) is 4.74 Å². The van der Waals surface area contributed by atoms with Crippen LogP contribution < -0.4 is 10.1 Å². The molecule has 0 unspecified atom stereocenters. The van der Waals surface area contributed by atoms with Crippen LogP contribution in [0, 0.1) is 31.9 Å². The van der Waals surface area contributed by atoms with Crippen LogP contribution >= 0.6 is 0 Å². The van der Waals surface area contributed by atoms with Gasteiger partial charge in [0.15, 0.2) is 11.6 Å². The van der Waals surface area contributed by atoms with E-state index in [-0.39, 0.29) is 12.1 Å². The molecule has 0 aliphatic rings. The minimum atomic E-state index is -5.26. The van der Waals surface area contributed by atoms with Gasteiger partial charge in [0.2, 0.25) is 0 Å². The Morgan fingerprint density at radius 3 is 1.97 bits per heavy atom. The van der Waals surface area contributed by atoms with Gasteiger partial charge in [-0.05, 0) is 0 Å². The van der Waals surface area contributed by atoms with Crippen molar-refractivity contribution in [1.82, 2.24) is 0 Å². The first-order valence-corrected chi connectivity index (χ1v) is 7.02. The van der Waals surface area contributed by atoms with Crippen LogP contribution in [0.2, 0.25) is 0 Å². The molecule has 0 radical (unpaired) electrons. The summed E-state index contributed by atoms with van der Waals surface area (Å²) < 4.78 is 68.0. The number of carboxylic acid groups (broad SMARTS) is 1. The number of nitro groups is 2. The smallest absolute Gasteiger partial charge is 0.478 e. The summed E-state index contributed by atoms with van der Waals surface area (Å²) >= 11 is 0. The van der Waals surface area contributed by atoms with E-state index in [4.69, 9.17) is 5.11 Å². The number of benzene rings is 2. The van der Waals surface area contributed by atoms with Crippen molar-refractivity contribution in [3.63, 3.8) is 0 Å². The molecule has 2 aromatic carbocycles. The second kappa shape index (κ2) is 7.53. The molecule has 0 aliphatic heterocycles. The van der Waals surface area contributed by atoms with E-state index in [1.807, 2.05) is 0 Å². The van der Waals surface area contributed by atoms with Crippen molar-refractivity contribution in [2.45, 2.75) is 6.36 Å². The first-order valence-electron chi connectivity index (χ1n) is 7.02. The van der Waals surface area contributed by atoms with Gasteiger partial charge in [0.25, 0.3) is 11.4 Å². The van der Waals surface area contributed by atoms with Gasteiger partial charge in [0.1, 0.15) is 17.1 Å². The number of nitro benzene ring substituents is 2. The van der Waals surface area contributed by atoms with Crippen LogP contribution in [-0.4, -0.2) is 27.3 Å². The lowest BCUT2D eigenvalue weighted by Crippen LogP contribution is -2.17. The summed E-state index contributed by atoms with van der Waals surface area (Å²) in [5.41, 5.74) is -5.57. The lowest BCUT2D eigenvalue weighted by atomic mass is 10.1. The Kier molecular flexibility index (Phi) is 5.52. The van der Waals surface area contributed by atoms with Crippen LogP contribution in [0.15, 0.2) is 24.3 Å². The summed E-state index contributed by atoms with van der Waals surface area (Å²) in [5.74, 6) is -6.63. The van der Waals surface area contributed by atoms with Gasteiger partial charge in [-0.1, -0.05) is 0 Å². The van der Waals surface area contributed by atoms with Gasteiger partial charge in [-0.2, -0.15) is 0 Å². The highest BCUT2D eigenvalue weighted by atomic mass is 19.4. The molecule has 0 fully saturated rings. The summed E-state index contributed by atoms with van der Waals surface area (Å²) in [7, 11) is 0. The van der Waals surface area contributed by atoms with Gasteiger partial charge in [0.05, 0.1) is 21.5 Å². The standard InChI is InChI=1S/C14H6F5N3O7/c15-8-3-6(29-14(17,18)19)4-9(16)12(8)20-11-7(13(23)24)1-5(21(25)26)2-10(11)22(27)28/h1-4,20H,(H,23,24). The number of aromatic carboxylic acids is 1. The lowest BCUT2D eigenvalue weighted by Gasteiger charge is -2.14. The molecule has 2 aromatic rings. The largest absolute Gasteiger partial charge is 0.573 e. The topological polar surface area (TPSA) is 145 Å². The number of nitrogens with zero attached hydrogens (tertiary/aromatic N) is 2. The van der Waals surface area contributed by atoms with Crippen molar-refractivity contribution >= 4 is 28.7 Å². The molecule has 0 aromatic heterocycles. The molecule has 0 saturated heterocycles. The molecule has 10 nitrogen and oxygen atoms in total. The molecule has 0 spiro atoms. The molecule has 2 rings (SSSR count). The molecule has 0 heterocycles. The Morgan fingerprint density at radius 2 is 1.55 bits per heavy atom. The zero-order valence-corrected chi connectivity index (χ0v) is 13.5. The van der Waals surface area contributed by atoms with Crippen molar-refractivity contribution in [2.24, 2.45) is 0 Å². The lowest BCUT2D eigenvalue weighted by molar-refractivity contribution is -0.393. The minimum Gasteiger partial charge on any atom is -0.478 e. The van der Waals surface area contributed by atoms with Crippen molar-refractivity contribution in [3.8, 4) is 5.75 Å². The predicted octanol–water partition coefficient (Wildman–Crippen LogP) is 4.12. The monoisotopic (exact) mass is 423 g/mol. The van der Waals surface area contributed by atoms with Gasteiger partial charge in [-0.3, -0.25) is 20.2 Å². The molecule has 0 aliphatic carbocycles. The molecule has 0 bridgehead atoms. The molecule has 0 saturated carbocycles. The highest BCUT2D eigenvalue weighted by Crippen LogP contribution is 2.38. The third-order valence-electron chi connectivity index (χ3n) is 3.24. The maximum Gasteiger partial charge on any atom is 0.573 e. The van der Waals surface area contributed by atoms with E-state index in [0.717, 1.165) is 0 Å². The summed E-state index contributed by atoms with van der Waals surface area (Å²) in [6.07, 6.45) is -5.26. The minimum absolute atomic E-state index is 0.0938. The van der Waals surface area contributed by atoms with Crippen LogP contribution in [0.25, 0.3) is 0 Å². The van der Waals surface area contributed by atoms with Gasteiger partial charge in [-0.15, -0.1) is 13.2 Å². The Bertz CT molecular complexity index is 967. The number of nitrogens with one attached hydrogen (secondary N) is 1. The van der Waals surface area contributed by atoms with Crippen LogP contribution in [0.1, 0.15) is 10.4 Å². The van der Waals surface area contributed by atoms with E-state index in [0.29, 0.717) is 12.1 Å². The van der Waals surface area contributed by atoms with Crippen LogP contribution in [0.5, 0.6) is 5.75 Å². The fraction of sp³-hybridized carbons (Fsp3) is 0.0714. The molecule has 154 valence electrons. The number of halogens is 5. The van der Waals surface area contributed by atoms with Crippen LogP contribution in [-0.2, 0) is 0 Å². The highest BCUT2D eigenvalue weighted by molar-refractivity contribution is 5.99. The average molecular weight is 423 g/mol. The number of carbonyl (C=O) groups is 1. The maximum atomic E-state index is 14.1. The van der Waals surface area contributed by atoms with Crippen molar-refractivity contribution < 1.29 is 46.4 Å². The average Bonchev–Trinajstić information content (AvgIpc) is 2.55. The Labute approximate surface area is 155 Å². The normalized spacial score (nSPS) is 11.1. The second-order valence-corrected chi connectivity index (χ2v) is 5.14. The first kappa shape index (κ1) is 21.3. The van der Waals surface area contributed by atoms with Gasteiger partial charge in [0, 0.05) is 18.2 Å². The van der Waals surface area contributed by atoms with E-state index in [1.54, 1.807) is 5.32 Å². The molecule has 15 heteroatoms. The molecule has 2 N–H and O–H groups in total. The van der Waals surface area contributed by atoms with E-state index < -0.39 is 67.9 Å². The second-order valence-electron chi connectivity index (χ2n) is 5.14. The van der Waals surface area contributed by atoms with Crippen molar-refractivity contribution in [1.29, 1.82) is 0 Å². The van der Waals surface area contributed by atoms with E-state index in [9.17, 15) is 47.0 Å². The summed E-state index contributed by atoms with van der Waals surface area (Å²) in [5, 5.41) is 32.9. The quantitative estimate of drug-likeness (QED) is 0.401. The first-order chi connectivity index (χ1) is 13.3. The number of anilines is 2. The third-order valence-corrected chi connectivity index (χ3v) is 3.24. The zero-order valence-electron chi connectivity index (χ0n) is 13.5. The number of rotatable bonds is 6. The molecule has 0 atom stereocenters.